The Morgan fingerprint density at radius 1 is 1.25 bits per heavy atom. The number of nitrogens with zero attached hydrogens (tertiary/aromatic N) is 1. The SMILES string of the molecule is Nc1ccc(CC(=O)NCC2CCN(c3cccc(Br)c3)C2)cc1. The molecule has 1 unspecified atom stereocenters. The van der Waals surface area contributed by atoms with Crippen molar-refractivity contribution in [3.05, 3.63) is 58.6 Å². The lowest BCUT2D eigenvalue weighted by molar-refractivity contribution is -0.120. The summed E-state index contributed by atoms with van der Waals surface area (Å²) < 4.78 is 1.10. The van der Waals surface area contributed by atoms with E-state index in [4.69, 9.17) is 5.73 Å². The Morgan fingerprint density at radius 2 is 2.04 bits per heavy atom. The summed E-state index contributed by atoms with van der Waals surface area (Å²) in [5.41, 5.74) is 8.61. The van der Waals surface area contributed by atoms with Crippen LogP contribution in [0.3, 0.4) is 0 Å². The first kappa shape index (κ1) is 16.8. The lowest BCUT2D eigenvalue weighted by Crippen LogP contribution is -2.32. The van der Waals surface area contributed by atoms with Crippen LogP contribution in [-0.2, 0) is 11.2 Å². The van der Waals surface area contributed by atoms with E-state index in [9.17, 15) is 4.79 Å². The zero-order valence-corrected chi connectivity index (χ0v) is 15.1. The Balaban J connectivity index is 1.45. The largest absolute Gasteiger partial charge is 0.399 e. The lowest BCUT2D eigenvalue weighted by atomic mass is 10.1. The summed E-state index contributed by atoms with van der Waals surface area (Å²) in [4.78, 5) is 14.5. The number of anilines is 2. The van der Waals surface area contributed by atoms with Gasteiger partial charge in [0.1, 0.15) is 0 Å². The summed E-state index contributed by atoms with van der Waals surface area (Å²) in [6.07, 6.45) is 1.51. The monoisotopic (exact) mass is 387 g/mol. The molecule has 4 nitrogen and oxygen atoms in total. The van der Waals surface area contributed by atoms with E-state index in [1.807, 2.05) is 30.3 Å². The number of carbonyl (C=O) groups is 1. The number of carbonyl (C=O) groups excluding carboxylic acids is 1. The highest BCUT2D eigenvalue weighted by Crippen LogP contribution is 2.25. The van der Waals surface area contributed by atoms with Crippen LogP contribution in [0.15, 0.2) is 53.0 Å². The number of nitrogen functional groups attached to an aromatic ring is 1. The number of halogens is 1. The summed E-state index contributed by atoms with van der Waals surface area (Å²) in [6, 6.07) is 15.8. The quantitative estimate of drug-likeness (QED) is 0.774. The van der Waals surface area contributed by atoms with E-state index in [0.29, 0.717) is 12.3 Å². The molecule has 5 heteroatoms. The van der Waals surface area contributed by atoms with Gasteiger partial charge in [0.05, 0.1) is 6.42 Å². The number of hydrogen-bond donors (Lipinski definition) is 2. The number of amides is 1. The molecule has 0 bridgehead atoms. The van der Waals surface area contributed by atoms with Gasteiger partial charge in [-0.3, -0.25) is 4.79 Å². The van der Waals surface area contributed by atoms with Crippen LogP contribution in [0, 0.1) is 5.92 Å². The number of benzene rings is 2. The minimum Gasteiger partial charge on any atom is -0.399 e. The molecule has 0 aromatic heterocycles. The molecule has 1 heterocycles. The van der Waals surface area contributed by atoms with E-state index in [0.717, 1.165) is 41.8 Å². The molecule has 0 spiro atoms. The molecule has 24 heavy (non-hydrogen) atoms. The highest BCUT2D eigenvalue weighted by atomic mass is 79.9. The standard InChI is InChI=1S/C19H22BrN3O/c20-16-2-1-3-18(11-16)23-9-8-15(13-23)12-22-19(24)10-14-4-6-17(21)7-5-14/h1-7,11,15H,8-10,12-13,21H2,(H,22,24). The fourth-order valence-electron chi connectivity index (χ4n) is 3.05. The second kappa shape index (κ2) is 7.71. The third-order valence-corrected chi connectivity index (χ3v) is 4.88. The van der Waals surface area contributed by atoms with Gasteiger partial charge in [-0.25, -0.2) is 0 Å². The molecular weight excluding hydrogens is 366 g/mol. The minimum atomic E-state index is 0.0701. The van der Waals surface area contributed by atoms with Gasteiger partial charge in [-0.2, -0.15) is 0 Å². The molecule has 1 aliphatic heterocycles. The average Bonchev–Trinajstić information content (AvgIpc) is 3.04. The fourth-order valence-corrected chi connectivity index (χ4v) is 3.44. The van der Waals surface area contributed by atoms with Crippen molar-refractivity contribution in [1.29, 1.82) is 0 Å². The van der Waals surface area contributed by atoms with Crippen molar-refractivity contribution in [2.75, 3.05) is 30.3 Å². The number of nitrogens with one attached hydrogen (secondary N) is 1. The molecule has 1 amide bonds. The van der Waals surface area contributed by atoms with Crippen molar-refractivity contribution in [2.45, 2.75) is 12.8 Å². The van der Waals surface area contributed by atoms with Crippen molar-refractivity contribution in [2.24, 2.45) is 5.92 Å². The molecule has 3 N–H and O–H groups in total. The van der Waals surface area contributed by atoms with Crippen LogP contribution in [0.2, 0.25) is 0 Å². The van der Waals surface area contributed by atoms with Crippen LogP contribution in [0.5, 0.6) is 0 Å². The fraction of sp³-hybridized carbons (Fsp3) is 0.316. The van der Waals surface area contributed by atoms with Gasteiger partial charge in [0.15, 0.2) is 0 Å². The van der Waals surface area contributed by atoms with E-state index in [1.54, 1.807) is 0 Å². The van der Waals surface area contributed by atoms with Crippen LogP contribution in [0.25, 0.3) is 0 Å². The van der Waals surface area contributed by atoms with E-state index >= 15 is 0 Å². The smallest absolute Gasteiger partial charge is 0.224 e. The van der Waals surface area contributed by atoms with Gasteiger partial charge in [0, 0.05) is 35.5 Å². The number of nitrogens with two attached hydrogens (primary N) is 1. The molecule has 2 aromatic carbocycles. The molecule has 1 aliphatic rings. The minimum absolute atomic E-state index is 0.0701. The molecule has 1 saturated heterocycles. The summed E-state index contributed by atoms with van der Waals surface area (Å²) in [5, 5.41) is 3.06. The summed E-state index contributed by atoms with van der Waals surface area (Å²) in [5.74, 6) is 0.569. The predicted molar refractivity (Wildman–Crippen MR) is 102 cm³/mol. The topological polar surface area (TPSA) is 58.4 Å². The predicted octanol–water partition coefficient (Wildman–Crippen LogP) is 3.22. The second-order valence-electron chi connectivity index (χ2n) is 6.30. The molecule has 0 aliphatic carbocycles. The second-order valence-corrected chi connectivity index (χ2v) is 7.22. The zero-order chi connectivity index (χ0) is 16.9. The van der Waals surface area contributed by atoms with Crippen molar-refractivity contribution in [3.63, 3.8) is 0 Å². The number of hydrogen-bond acceptors (Lipinski definition) is 3. The molecule has 3 rings (SSSR count). The van der Waals surface area contributed by atoms with Gasteiger partial charge in [-0.05, 0) is 48.2 Å². The van der Waals surface area contributed by atoms with Crippen LogP contribution in [0.4, 0.5) is 11.4 Å². The Labute approximate surface area is 151 Å². The Hall–Kier alpha value is -2.01. The normalized spacial score (nSPS) is 17.0. The Bertz CT molecular complexity index is 702. The third-order valence-electron chi connectivity index (χ3n) is 4.39. The molecule has 1 atom stereocenters. The van der Waals surface area contributed by atoms with Crippen molar-refractivity contribution < 1.29 is 4.79 Å². The maximum atomic E-state index is 12.1. The first-order chi connectivity index (χ1) is 11.6. The molecule has 1 fully saturated rings. The summed E-state index contributed by atoms with van der Waals surface area (Å²) in [6.45, 7) is 2.76. The van der Waals surface area contributed by atoms with E-state index in [-0.39, 0.29) is 5.91 Å². The highest BCUT2D eigenvalue weighted by Gasteiger charge is 2.23. The first-order valence-electron chi connectivity index (χ1n) is 8.22. The van der Waals surface area contributed by atoms with Crippen molar-refractivity contribution in [3.8, 4) is 0 Å². The van der Waals surface area contributed by atoms with Crippen LogP contribution >= 0.6 is 15.9 Å². The molecule has 0 saturated carbocycles. The summed E-state index contributed by atoms with van der Waals surface area (Å²) >= 11 is 3.52. The number of rotatable bonds is 5. The average molecular weight is 388 g/mol. The lowest BCUT2D eigenvalue weighted by Gasteiger charge is -2.19. The van der Waals surface area contributed by atoms with E-state index in [1.165, 1.54) is 5.69 Å². The van der Waals surface area contributed by atoms with Gasteiger partial charge in [0.2, 0.25) is 5.91 Å². The first-order valence-corrected chi connectivity index (χ1v) is 9.01. The van der Waals surface area contributed by atoms with Crippen LogP contribution in [0.1, 0.15) is 12.0 Å². The van der Waals surface area contributed by atoms with E-state index in [2.05, 4.69) is 44.3 Å². The van der Waals surface area contributed by atoms with Gasteiger partial charge in [-0.1, -0.05) is 34.1 Å². The molecule has 2 aromatic rings. The maximum Gasteiger partial charge on any atom is 0.224 e. The zero-order valence-electron chi connectivity index (χ0n) is 13.5. The van der Waals surface area contributed by atoms with E-state index < -0.39 is 0 Å². The van der Waals surface area contributed by atoms with Crippen LogP contribution in [-0.4, -0.2) is 25.5 Å². The third kappa shape index (κ3) is 4.51. The molecule has 126 valence electrons. The van der Waals surface area contributed by atoms with Gasteiger partial charge < -0.3 is 16.0 Å². The van der Waals surface area contributed by atoms with Gasteiger partial charge in [-0.15, -0.1) is 0 Å². The Kier molecular flexibility index (Phi) is 5.41. The van der Waals surface area contributed by atoms with Gasteiger partial charge >= 0.3 is 0 Å². The van der Waals surface area contributed by atoms with Crippen molar-refractivity contribution in [1.82, 2.24) is 5.32 Å². The van der Waals surface area contributed by atoms with Crippen molar-refractivity contribution >= 4 is 33.2 Å². The highest BCUT2D eigenvalue weighted by molar-refractivity contribution is 9.10. The van der Waals surface area contributed by atoms with Gasteiger partial charge in [0.25, 0.3) is 0 Å². The molecular formula is C19H22BrN3O. The van der Waals surface area contributed by atoms with Crippen LogP contribution < -0.4 is 16.0 Å². The molecule has 0 radical (unpaired) electrons. The summed E-state index contributed by atoms with van der Waals surface area (Å²) in [7, 11) is 0. The Morgan fingerprint density at radius 3 is 2.79 bits per heavy atom. The maximum absolute atomic E-state index is 12.1.